The van der Waals surface area contributed by atoms with Crippen LogP contribution >= 0.6 is 11.3 Å². The second-order valence-corrected chi connectivity index (χ2v) is 29.1. The molecule has 0 unspecified atom stereocenters. The van der Waals surface area contributed by atoms with Gasteiger partial charge in [0.25, 0.3) is 0 Å². The molecule has 0 saturated heterocycles. The minimum Gasteiger partial charge on any atom is -0.456 e. The van der Waals surface area contributed by atoms with Crippen molar-refractivity contribution in [1.29, 1.82) is 0 Å². The highest BCUT2D eigenvalue weighted by Gasteiger charge is 2.53. The third-order valence-corrected chi connectivity index (χ3v) is 23.5. The number of ether oxygens (including phenoxy) is 2. The molecule has 4 aliphatic rings. The second-order valence-electron chi connectivity index (χ2n) is 28.0. The van der Waals surface area contributed by atoms with Crippen LogP contribution in [0.4, 0.5) is 0 Å². The fourth-order valence-corrected chi connectivity index (χ4v) is 18.8. The molecule has 7 nitrogen and oxygen atoms in total. The van der Waals surface area contributed by atoms with Gasteiger partial charge in [0.05, 0.1) is 39.3 Å². The first-order valence-corrected chi connectivity index (χ1v) is 37.1. The minimum atomic E-state index is -0.689. The fourth-order valence-electron chi connectivity index (χ4n) is 17.7. The van der Waals surface area contributed by atoms with Crippen LogP contribution in [-0.4, -0.2) is 24.9 Å². The fraction of sp³-hybridized carbons (Fsp3) is 0.0202. The van der Waals surface area contributed by atoms with E-state index in [2.05, 4.69) is 303 Å². The largest absolute Gasteiger partial charge is 0.456 e. The molecule has 0 saturated carbocycles. The van der Waals surface area contributed by atoms with E-state index in [0.717, 1.165) is 135 Å². The molecule has 107 heavy (non-hydrogen) atoms. The summed E-state index contributed by atoms with van der Waals surface area (Å²) >= 11 is 1.80. The highest BCUT2D eigenvalue weighted by Crippen LogP contribution is 2.66. The summed E-state index contributed by atoms with van der Waals surface area (Å²) in [6.07, 6.45) is 1.81. The minimum absolute atomic E-state index is 0.575. The molecular formula is C99H59N5O2S. The van der Waals surface area contributed by atoms with Crippen LogP contribution in [0.2, 0.25) is 0 Å². The van der Waals surface area contributed by atoms with Gasteiger partial charge in [0.15, 0.2) is 11.6 Å². The lowest BCUT2D eigenvalue weighted by atomic mass is 9.65. The molecule has 8 heteroatoms. The normalized spacial score (nSPS) is 13.3. The van der Waals surface area contributed by atoms with Crippen molar-refractivity contribution < 1.29 is 9.47 Å². The number of hydrogen-bond acceptors (Lipinski definition) is 8. The lowest BCUT2D eigenvalue weighted by Crippen LogP contribution is -2.32. The smallest absolute Gasteiger partial charge is 0.160 e. The Balaban J connectivity index is 0.635. The van der Waals surface area contributed by atoms with Crippen LogP contribution in [0, 0.1) is 0 Å². The van der Waals surface area contributed by atoms with Gasteiger partial charge in [-0.25, -0.2) is 19.9 Å². The zero-order valence-electron chi connectivity index (χ0n) is 57.5. The Labute approximate surface area is 621 Å². The third-order valence-electron chi connectivity index (χ3n) is 22.3. The first-order valence-electron chi connectivity index (χ1n) is 36.2. The van der Waals surface area contributed by atoms with E-state index in [1.165, 1.54) is 64.7 Å². The monoisotopic (exact) mass is 1380 g/mol. The van der Waals surface area contributed by atoms with Gasteiger partial charge in [-0.3, -0.25) is 4.98 Å². The maximum absolute atomic E-state index is 7.56. The molecule has 0 atom stereocenters. The topological polar surface area (TPSA) is 82.9 Å². The van der Waals surface area contributed by atoms with Crippen LogP contribution < -0.4 is 9.47 Å². The SMILES string of the molecule is c1ccc(-c2nc(-c3cccc(-c4cccc5c4Oc4ccccc4C54c5ccccc5-c5ccccc54)c3)cc(-c3ccc4c(c3)sc3ccc(-c5ccc6c(c5)Oc5c(-c7cccc(-c8cc(-c9ccccn9)nc(-c9ccccc9)n8)c7)cccc5C65c6ccccc6-c6ccccc65)cc34)n2)cc1. The Kier molecular flexibility index (Phi) is 13.6. The number of aromatic nitrogens is 5. The molecule has 22 rings (SSSR count). The summed E-state index contributed by atoms with van der Waals surface area (Å²) in [6.45, 7) is 0. The van der Waals surface area contributed by atoms with Crippen molar-refractivity contribution in [2.75, 3.05) is 0 Å². The highest BCUT2D eigenvalue weighted by atomic mass is 32.1. The summed E-state index contributed by atoms with van der Waals surface area (Å²) in [4.78, 5) is 25.7. The number of nitrogens with zero attached hydrogens (tertiary/aromatic N) is 5. The highest BCUT2D eigenvalue weighted by molar-refractivity contribution is 7.25. The average Bonchev–Trinajstić information content (AvgIpc) is 1.58. The zero-order valence-corrected chi connectivity index (χ0v) is 58.3. The summed E-state index contributed by atoms with van der Waals surface area (Å²) in [6, 6.07) is 126. The lowest BCUT2D eigenvalue weighted by Gasteiger charge is -2.40. The van der Waals surface area contributed by atoms with Crippen LogP contribution in [0.15, 0.2) is 358 Å². The van der Waals surface area contributed by atoms with Gasteiger partial charge in [0.1, 0.15) is 23.0 Å². The summed E-state index contributed by atoms with van der Waals surface area (Å²) in [5.41, 5.74) is 28.1. The van der Waals surface area contributed by atoms with Crippen molar-refractivity contribution in [2.45, 2.75) is 10.8 Å². The van der Waals surface area contributed by atoms with Gasteiger partial charge >= 0.3 is 0 Å². The van der Waals surface area contributed by atoms with Gasteiger partial charge in [-0.15, -0.1) is 11.3 Å². The van der Waals surface area contributed by atoms with Gasteiger partial charge in [-0.1, -0.05) is 285 Å². The van der Waals surface area contributed by atoms with Crippen LogP contribution in [0.1, 0.15) is 44.5 Å². The van der Waals surface area contributed by atoms with Crippen molar-refractivity contribution in [1.82, 2.24) is 24.9 Å². The van der Waals surface area contributed by atoms with Gasteiger partial charge < -0.3 is 9.47 Å². The van der Waals surface area contributed by atoms with E-state index in [9.17, 15) is 0 Å². The summed E-state index contributed by atoms with van der Waals surface area (Å²) < 4.78 is 17.1. The predicted octanol–water partition coefficient (Wildman–Crippen LogP) is 25.0. The molecule has 14 aromatic carbocycles. The number of fused-ring (bicyclic) bond motifs is 21. The van der Waals surface area contributed by atoms with Crippen LogP contribution in [0.5, 0.6) is 23.0 Å². The molecule has 0 fully saturated rings. The molecule has 0 bridgehead atoms. The Bertz CT molecular complexity index is 6580. The van der Waals surface area contributed by atoms with Crippen molar-refractivity contribution in [3.8, 4) is 147 Å². The van der Waals surface area contributed by atoms with E-state index in [0.29, 0.717) is 11.6 Å². The van der Waals surface area contributed by atoms with E-state index in [-0.39, 0.29) is 0 Å². The Morgan fingerprint density at radius 3 is 1.20 bits per heavy atom. The molecular weight excluding hydrogens is 1320 g/mol. The van der Waals surface area contributed by atoms with Crippen LogP contribution in [0.25, 0.3) is 144 Å². The van der Waals surface area contributed by atoms with Crippen molar-refractivity contribution in [2.24, 2.45) is 0 Å². The number of pyridine rings is 1. The molecule has 4 aromatic heterocycles. The van der Waals surface area contributed by atoms with Gasteiger partial charge in [-0.05, 0) is 133 Å². The lowest BCUT2D eigenvalue weighted by molar-refractivity contribution is 0.438. The van der Waals surface area contributed by atoms with E-state index in [1.54, 1.807) is 17.5 Å². The van der Waals surface area contributed by atoms with Crippen molar-refractivity contribution in [3.63, 3.8) is 0 Å². The molecule has 2 aliphatic heterocycles. The number of rotatable bonds is 9. The second kappa shape index (κ2) is 23.9. The summed E-state index contributed by atoms with van der Waals surface area (Å²) in [7, 11) is 0. The molecule has 0 radical (unpaired) electrons. The Hall–Kier alpha value is -13.8. The van der Waals surface area contributed by atoms with E-state index in [1.807, 2.05) is 48.5 Å². The van der Waals surface area contributed by atoms with E-state index >= 15 is 0 Å². The quantitative estimate of drug-likeness (QED) is 0.142. The number of thiophene rings is 1. The molecule has 18 aromatic rings. The van der Waals surface area contributed by atoms with Crippen LogP contribution in [0.3, 0.4) is 0 Å². The standard InChI is InChI=1S/C99H59N5O2S/c1-3-23-60(24-4-1)96-101-86(66-29-19-27-64(53-66)69-35-21-42-83-94(69)105-90-45-16-15-41-81(90)98(83)77-37-11-7-31-71(77)72-32-8-12-38-78(72)98)58-87(102-96)68-46-49-75-76-55-62(48-51-92(76)107-93(75)57-68)63-47-50-82-91(56-63)106-95-70(36-22-43-84(95)99(82)79-39-13-9-33-73(79)74-34-10-14-40-80(74)99)65-28-20-30-67(54-65)88-59-89(85-44-17-18-52-100-85)104-97(103-88)61-25-5-2-6-26-61/h1-59H. The van der Waals surface area contributed by atoms with Gasteiger partial charge in [-0.2, -0.15) is 0 Å². The predicted molar refractivity (Wildman–Crippen MR) is 432 cm³/mol. The maximum atomic E-state index is 7.56. The molecule has 2 aliphatic carbocycles. The maximum Gasteiger partial charge on any atom is 0.160 e. The van der Waals surface area contributed by atoms with Gasteiger partial charge in [0.2, 0.25) is 0 Å². The molecule has 0 amide bonds. The molecule has 6 heterocycles. The molecule has 2 spiro atoms. The van der Waals surface area contributed by atoms with Crippen molar-refractivity contribution in [3.05, 3.63) is 403 Å². The Morgan fingerprint density at radius 1 is 0.224 bits per heavy atom. The van der Waals surface area contributed by atoms with E-state index < -0.39 is 10.8 Å². The third kappa shape index (κ3) is 9.29. The number of hydrogen-bond donors (Lipinski definition) is 0. The average molecular weight is 1380 g/mol. The van der Waals surface area contributed by atoms with Crippen molar-refractivity contribution >= 4 is 31.5 Å². The zero-order chi connectivity index (χ0) is 70.3. The Morgan fingerprint density at radius 2 is 0.636 bits per heavy atom. The molecule has 0 N–H and O–H groups in total. The number of para-hydroxylation sites is 3. The van der Waals surface area contributed by atoms with Gasteiger partial charge in [0, 0.05) is 87.6 Å². The van der Waals surface area contributed by atoms with Crippen LogP contribution in [-0.2, 0) is 10.8 Å². The summed E-state index contributed by atoms with van der Waals surface area (Å²) in [5, 5.41) is 2.37. The number of benzene rings is 14. The van der Waals surface area contributed by atoms with E-state index in [4.69, 9.17) is 34.4 Å². The molecule has 498 valence electrons. The first-order chi connectivity index (χ1) is 53.0. The summed E-state index contributed by atoms with van der Waals surface area (Å²) in [5.74, 6) is 4.64. The first kappa shape index (κ1) is 60.8.